The van der Waals surface area contributed by atoms with Crippen molar-refractivity contribution in [2.45, 2.75) is 16.7 Å². The number of ether oxygens (including phenoxy) is 1. The highest BCUT2D eigenvalue weighted by atomic mass is 32.2. The molecule has 3 rings (SSSR count). The van der Waals surface area contributed by atoms with E-state index in [0.717, 1.165) is 16.9 Å². The summed E-state index contributed by atoms with van der Waals surface area (Å²) in [6.07, 6.45) is 0. The van der Waals surface area contributed by atoms with Crippen molar-refractivity contribution in [3.05, 3.63) is 48.0 Å². The van der Waals surface area contributed by atoms with Crippen LogP contribution in [0.3, 0.4) is 0 Å². The fraction of sp³-hybridized carbons (Fsp3) is 0.133. The molecule has 0 atom stereocenters. The normalized spacial score (nSPS) is 12.1. The molecule has 0 saturated heterocycles. The quantitative estimate of drug-likeness (QED) is 0.540. The third-order valence-corrected chi connectivity index (χ3v) is 4.06. The molecule has 4 heteroatoms. The van der Waals surface area contributed by atoms with E-state index in [2.05, 4.69) is 17.4 Å². The molecule has 3 nitrogen and oxygen atoms in total. The lowest BCUT2D eigenvalue weighted by Crippen LogP contribution is -2.06. The fourth-order valence-corrected chi connectivity index (χ4v) is 2.98. The molecule has 0 bridgehead atoms. The Bertz CT molecular complexity index is 640. The zero-order valence-electron chi connectivity index (χ0n) is 10.6. The van der Waals surface area contributed by atoms with Crippen molar-refractivity contribution in [1.29, 1.82) is 5.41 Å². The molecular formula is C15H14N2OS. The molecule has 0 unspecified atom stereocenters. The van der Waals surface area contributed by atoms with Crippen LogP contribution in [-0.4, -0.2) is 12.5 Å². The van der Waals surface area contributed by atoms with Crippen molar-refractivity contribution >= 4 is 29.0 Å². The first-order valence-electron chi connectivity index (χ1n) is 6.17. The Morgan fingerprint density at radius 3 is 2.79 bits per heavy atom. The highest BCUT2D eigenvalue weighted by molar-refractivity contribution is 7.99. The molecule has 0 aliphatic carbocycles. The summed E-state index contributed by atoms with van der Waals surface area (Å²) in [4.78, 5) is 2.40. The number of rotatable bonds is 2. The van der Waals surface area contributed by atoms with Crippen molar-refractivity contribution < 1.29 is 4.74 Å². The van der Waals surface area contributed by atoms with Gasteiger partial charge >= 0.3 is 0 Å². The summed E-state index contributed by atoms with van der Waals surface area (Å²) in [5.74, 6) is 0.218. The molecule has 2 N–H and O–H groups in total. The number of hydrogen-bond acceptors (Lipinski definition) is 4. The maximum Gasteiger partial charge on any atom is 0.213 e. The summed E-state index contributed by atoms with van der Waals surface area (Å²) in [6.45, 7) is 2.40. The lowest BCUT2D eigenvalue weighted by molar-refractivity contribution is 0.325. The zero-order valence-corrected chi connectivity index (χ0v) is 11.4. The van der Waals surface area contributed by atoms with Crippen LogP contribution in [0.25, 0.3) is 0 Å². The Kier molecular flexibility index (Phi) is 3.17. The van der Waals surface area contributed by atoms with Gasteiger partial charge in [-0.1, -0.05) is 23.9 Å². The molecule has 0 amide bonds. The number of benzene rings is 2. The van der Waals surface area contributed by atoms with Gasteiger partial charge in [0.15, 0.2) is 0 Å². The first kappa shape index (κ1) is 12.1. The second-order valence-electron chi connectivity index (χ2n) is 4.20. The standard InChI is InChI=1S/C15H14N2OS/c1-2-18-15(16)10-7-8-14-12(9-10)17-11-5-3-4-6-13(11)19-14/h3-9,16-17H,2H2,1H3. The van der Waals surface area contributed by atoms with Crippen LogP contribution >= 0.6 is 11.8 Å². The molecule has 1 aliphatic rings. The maximum atomic E-state index is 7.84. The largest absolute Gasteiger partial charge is 0.478 e. The van der Waals surface area contributed by atoms with Gasteiger partial charge in [0.25, 0.3) is 0 Å². The van der Waals surface area contributed by atoms with Crippen molar-refractivity contribution in [2.75, 3.05) is 11.9 Å². The van der Waals surface area contributed by atoms with Crippen molar-refractivity contribution in [3.8, 4) is 0 Å². The molecule has 1 aliphatic heterocycles. The molecule has 2 aromatic rings. The summed E-state index contributed by atoms with van der Waals surface area (Å²) < 4.78 is 5.24. The summed E-state index contributed by atoms with van der Waals surface area (Å²) in [5.41, 5.74) is 2.94. The average Bonchev–Trinajstić information content (AvgIpc) is 2.44. The molecule has 2 aromatic carbocycles. The number of anilines is 2. The van der Waals surface area contributed by atoms with Crippen LogP contribution < -0.4 is 5.32 Å². The first-order chi connectivity index (χ1) is 9.28. The van der Waals surface area contributed by atoms with Crippen LogP contribution in [0.1, 0.15) is 12.5 Å². The topological polar surface area (TPSA) is 45.1 Å². The van der Waals surface area contributed by atoms with Gasteiger partial charge in [-0.2, -0.15) is 0 Å². The SMILES string of the molecule is CCOC(=N)c1ccc2c(c1)Nc1ccccc1S2. The van der Waals surface area contributed by atoms with Gasteiger partial charge in [0.05, 0.1) is 18.0 Å². The van der Waals surface area contributed by atoms with Crippen molar-refractivity contribution in [1.82, 2.24) is 0 Å². The summed E-state index contributed by atoms with van der Waals surface area (Å²) >= 11 is 1.74. The van der Waals surface area contributed by atoms with Crippen LogP contribution in [0.5, 0.6) is 0 Å². The third-order valence-electron chi connectivity index (χ3n) is 2.91. The molecule has 0 fully saturated rings. The van der Waals surface area contributed by atoms with Gasteiger partial charge in [-0.25, -0.2) is 0 Å². The molecular weight excluding hydrogens is 256 g/mol. The van der Waals surface area contributed by atoms with E-state index >= 15 is 0 Å². The predicted molar refractivity (Wildman–Crippen MR) is 78.7 cm³/mol. The smallest absolute Gasteiger partial charge is 0.213 e. The zero-order chi connectivity index (χ0) is 13.2. The number of para-hydroxylation sites is 1. The number of nitrogens with one attached hydrogen (secondary N) is 2. The van der Waals surface area contributed by atoms with E-state index in [-0.39, 0.29) is 5.90 Å². The van der Waals surface area contributed by atoms with Gasteiger partial charge in [-0.15, -0.1) is 0 Å². The summed E-state index contributed by atoms with van der Waals surface area (Å²) in [6, 6.07) is 14.2. The average molecular weight is 270 g/mol. The van der Waals surface area contributed by atoms with Gasteiger partial charge in [0.2, 0.25) is 5.90 Å². The molecule has 19 heavy (non-hydrogen) atoms. The molecule has 0 radical (unpaired) electrons. The third kappa shape index (κ3) is 2.31. The molecule has 0 aromatic heterocycles. The first-order valence-corrected chi connectivity index (χ1v) is 6.99. The second kappa shape index (κ2) is 4.97. The minimum absolute atomic E-state index is 0.218. The minimum Gasteiger partial charge on any atom is -0.478 e. The van der Waals surface area contributed by atoms with Gasteiger partial charge < -0.3 is 10.1 Å². The van der Waals surface area contributed by atoms with Crippen molar-refractivity contribution in [2.24, 2.45) is 0 Å². The van der Waals surface area contributed by atoms with E-state index in [1.54, 1.807) is 11.8 Å². The van der Waals surface area contributed by atoms with Crippen LogP contribution in [0.15, 0.2) is 52.3 Å². The number of fused-ring (bicyclic) bond motifs is 2. The Hall–Kier alpha value is -1.94. The number of hydrogen-bond donors (Lipinski definition) is 2. The highest BCUT2D eigenvalue weighted by Crippen LogP contribution is 2.44. The summed E-state index contributed by atoms with van der Waals surface area (Å²) in [7, 11) is 0. The Labute approximate surface area is 116 Å². The second-order valence-corrected chi connectivity index (χ2v) is 5.28. The van der Waals surface area contributed by atoms with Gasteiger partial charge in [0.1, 0.15) is 0 Å². The van der Waals surface area contributed by atoms with Crippen LogP contribution in [0, 0.1) is 5.41 Å². The fourth-order valence-electron chi connectivity index (χ4n) is 2.01. The Balaban J connectivity index is 1.94. The molecule has 1 heterocycles. The van der Waals surface area contributed by atoms with E-state index in [1.165, 1.54) is 9.79 Å². The lowest BCUT2D eigenvalue weighted by atomic mass is 10.2. The summed E-state index contributed by atoms with van der Waals surface area (Å²) in [5, 5.41) is 11.2. The van der Waals surface area contributed by atoms with Crippen molar-refractivity contribution in [3.63, 3.8) is 0 Å². The molecule has 96 valence electrons. The molecule has 0 saturated carbocycles. The Morgan fingerprint density at radius 1 is 1.16 bits per heavy atom. The maximum absolute atomic E-state index is 7.84. The van der Waals surface area contributed by atoms with Crippen LogP contribution in [-0.2, 0) is 4.74 Å². The van der Waals surface area contributed by atoms with Crippen LogP contribution in [0.2, 0.25) is 0 Å². The lowest BCUT2D eigenvalue weighted by Gasteiger charge is -2.21. The molecule has 0 spiro atoms. The van der Waals surface area contributed by atoms with E-state index in [4.69, 9.17) is 10.1 Å². The van der Waals surface area contributed by atoms with E-state index in [1.807, 2.05) is 37.3 Å². The monoisotopic (exact) mass is 270 g/mol. The van der Waals surface area contributed by atoms with E-state index < -0.39 is 0 Å². The van der Waals surface area contributed by atoms with E-state index in [0.29, 0.717) is 6.61 Å². The van der Waals surface area contributed by atoms with Gasteiger partial charge in [-0.3, -0.25) is 5.41 Å². The van der Waals surface area contributed by atoms with Crippen LogP contribution in [0.4, 0.5) is 11.4 Å². The minimum atomic E-state index is 0.218. The predicted octanol–water partition coefficient (Wildman–Crippen LogP) is 4.26. The Morgan fingerprint density at radius 2 is 1.95 bits per heavy atom. The van der Waals surface area contributed by atoms with E-state index in [9.17, 15) is 0 Å². The van der Waals surface area contributed by atoms with Gasteiger partial charge in [-0.05, 0) is 37.3 Å². The van der Waals surface area contributed by atoms with Gasteiger partial charge in [0, 0.05) is 15.4 Å². The highest BCUT2D eigenvalue weighted by Gasteiger charge is 2.16.